The summed E-state index contributed by atoms with van der Waals surface area (Å²) in [7, 11) is 0. The Morgan fingerprint density at radius 2 is 1.86 bits per heavy atom. The van der Waals surface area contributed by atoms with Crippen molar-refractivity contribution in [1.82, 2.24) is 0 Å². The Bertz CT molecular complexity index is 861. The van der Waals surface area contributed by atoms with Gasteiger partial charge in [0.05, 0.1) is 18.7 Å². The van der Waals surface area contributed by atoms with E-state index in [-0.39, 0.29) is 11.5 Å². The second-order valence-electron chi connectivity index (χ2n) is 7.46. The molecule has 1 aliphatic heterocycles. The normalized spacial score (nSPS) is 14.7. The van der Waals surface area contributed by atoms with Crippen LogP contribution in [0.15, 0.2) is 29.3 Å². The smallest absolute Gasteiger partial charge is 0.232 e. The fraction of sp³-hybridized carbons (Fsp3) is 0.435. The van der Waals surface area contributed by atoms with Gasteiger partial charge in [-0.2, -0.15) is 0 Å². The molecule has 28 heavy (non-hydrogen) atoms. The molecule has 0 saturated carbocycles. The number of ether oxygens (including phenoxy) is 1. The summed E-state index contributed by atoms with van der Waals surface area (Å²) in [6.45, 7) is 9.05. The molecule has 1 aromatic carbocycles. The van der Waals surface area contributed by atoms with Gasteiger partial charge in [-0.15, -0.1) is 11.3 Å². The van der Waals surface area contributed by atoms with Crippen molar-refractivity contribution in [3.63, 3.8) is 0 Å². The minimum absolute atomic E-state index is 0.0365. The van der Waals surface area contributed by atoms with E-state index in [1.54, 1.807) is 23.5 Å². The van der Waals surface area contributed by atoms with Gasteiger partial charge in [-0.25, -0.2) is 0 Å². The molecule has 0 bridgehead atoms. The summed E-state index contributed by atoms with van der Waals surface area (Å²) in [4.78, 5) is 15.2. The first-order valence-electron chi connectivity index (χ1n) is 10.2. The predicted molar refractivity (Wildman–Crippen MR) is 112 cm³/mol. The second-order valence-corrected chi connectivity index (χ2v) is 8.41. The first kappa shape index (κ1) is 20.6. The molecule has 0 atom stereocenters. The topological polar surface area (TPSA) is 53.8 Å². The number of hydrogen-bond donors (Lipinski definition) is 1. The lowest BCUT2D eigenvalue weighted by atomic mass is 10.0. The maximum absolute atomic E-state index is 12.8. The number of nitrogens with one attached hydrogen (secondary N) is 1. The summed E-state index contributed by atoms with van der Waals surface area (Å²) in [5, 5.41) is 14.6. The molecular formula is C23H29NO3S. The van der Waals surface area contributed by atoms with Crippen LogP contribution in [-0.4, -0.2) is 18.9 Å². The molecule has 4 nitrogen and oxygen atoms in total. The van der Waals surface area contributed by atoms with Crippen molar-refractivity contribution >= 4 is 23.2 Å². The van der Waals surface area contributed by atoms with Gasteiger partial charge in [0.1, 0.15) is 12.3 Å². The highest BCUT2D eigenvalue weighted by molar-refractivity contribution is 7.11. The number of benzene rings is 1. The Kier molecular flexibility index (Phi) is 6.92. The van der Waals surface area contributed by atoms with E-state index in [0.717, 1.165) is 49.2 Å². The van der Waals surface area contributed by atoms with Crippen LogP contribution in [0.3, 0.4) is 0 Å². The minimum Gasteiger partial charge on any atom is -0.872 e. The highest BCUT2D eigenvalue weighted by Crippen LogP contribution is 2.38. The van der Waals surface area contributed by atoms with Gasteiger partial charge >= 0.3 is 0 Å². The number of quaternary nitrogens is 1. The molecule has 0 fully saturated rings. The van der Waals surface area contributed by atoms with E-state index in [9.17, 15) is 9.90 Å². The first-order valence-corrected chi connectivity index (χ1v) is 11.1. The van der Waals surface area contributed by atoms with Crippen LogP contribution in [-0.2, 0) is 6.54 Å². The van der Waals surface area contributed by atoms with Crippen LogP contribution in [0.4, 0.5) is 0 Å². The third-order valence-corrected chi connectivity index (χ3v) is 6.22. The zero-order chi connectivity index (χ0) is 20.1. The second kappa shape index (κ2) is 9.39. The van der Waals surface area contributed by atoms with Gasteiger partial charge in [-0.1, -0.05) is 38.5 Å². The minimum atomic E-state index is -0.132. The summed E-state index contributed by atoms with van der Waals surface area (Å²) in [5.41, 5.74) is 2.27. The zero-order valence-corrected chi connectivity index (χ0v) is 17.8. The van der Waals surface area contributed by atoms with Crippen LogP contribution < -0.4 is 14.7 Å². The van der Waals surface area contributed by atoms with Gasteiger partial charge in [0.25, 0.3) is 0 Å². The molecule has 1 aromatic heterocycles. The number of aryl methyl sites for hydroxylation is 1. The number of ketones is 1. The Morgan fingerprint density at radius 1 is 1.14 bits per heavy atom. The van der Waals surface area contributed by atoms with Gasteiger partial charge in [-0.05, 0) is 42.8 Å². The molecule has 2 heterocycles. The lowest BCUT2D eigenvalue weighted by Crippen LogP contribution is -3.10. The quantitative estimate of drug-likeness (QED) is 0.654. The number of thiophene rings is 1. The maximum atomic E-state index is 12.8. The highest BCUT2D eigenvalue weighted by atomic mass is 32.1. The molecule has 1 N–H and O–H groups in total. The monoisotopic (exact) mass is 399 g/mol. The van der Waals surface area contributed by atoms with Crippen molar-refractivity contribution in [2.45, 2.75) is 53.0 Å². The van der Waals surface area contributed by atoms with Crippen LogP contribution in [0, 0.1) is 6.92 Å². The van der Waals surface area contributed by atoms with E-state index in [4.69, 9.17) is 4.74 Å². The van der Waals surface area contributed by atoms with Gasteiger partial charge in [-0.3, -0.25) is 4.79 Å². The van der Waals surface area contributed by atoms with E-state index >= 15 is 0 Å². The first-order chi connectivity index (χ1) is 13.5. The van der Waals surface area contributed by atoms with E-state index in [0.29, 0.717) is 29.2 Å². The summed E-state index contributed by atoms with van der Waals surface area (Å²) >= 11 is 1.58. The number of allylic oxidation sites excluding steroid dienone is 1. The summed E-state index contributed by atoms with van der Waals surface area (Å²) in [6.07, 6.45) is 6.33. The number of unbranched alkanes of at least 4 members (excludes halogenated alkanes) is 2. The summed E-state index contributed by atoms with van der Waals surface area (Å²) in [6, 6.07) is 5.16. The highest BCUT2D eigenvalue weighted by Gasteiger charge is 2.31. The molecule has 150 valence electrons. The zero-order valence-electron chi connectivity index (χ0n) is 17.0. The largest absolute Gasteiger partial charge is 0.872 e. The van der Waals surface area contributed by atoms with Crippen LogP contribution in [0.25, 0.3) is 6.08 Å². The number of carbonyl (C=O) groups is 1. The number of hydrogen-bond acceptors (Lipinski definition) is 4. The molecule has 2 aromatic rings. The average molecular weight is 400 g/mol. The van der Waals surface area contributed by atoms with Crippen LogP contribution in [0.1, 0.15) is 65.9 Å². The molecule has 5 heteroatoms. The molecule has 0 aliphatic carbocycles. The van der Waals surface area contributed by atoms with Crippen molar-refractivity contribution in [2.75, 3.05) is 13.1 Å². The van der Waals surface area contributed by atoms with Crippen molar-refractivity contribution in [1.29, 1.82) is 0 Å². The molecule has 0 saturated heterocycles. The number of Topliss-reactive ketones (excluding diaryl/α,β-unsaturated/α-hetero) is 1. The Morgan fingerprint density at radius 3 is 2.46 bits per heavy atom. The molecule has 0 amide bonds. The van der Waals surface area contributed by atoms with Crippen LogP contribution >= 0.6 is 11.3 Å². The molecular weight excluding hydrogens is 370 g/mol. The third kappa shape index (κ3) is 4.47. The predicted octanol–water partition coefficient (Wildman–Crippen LogP) is 3.73. The van der Waals surface area contributed by atoms with Crippen molar-refractivity contribution < 1.29 is 19.5 Å². The fourth-order valence-electron chi connectivity index (χ4n) is 3.51. The Hall–Kier alpha value is -2.11. The molecule has 0 spiro atoms. The fourth-order valence-corrected chi connectivity index (χ4v) is 4.36. The van der Waals surface area contributed by atoms with Crippen LogP contribution in [0.2, 0.25) is 0 Å². The average Bonchev–Trinajstić information content (AvgIpc) is 3.23. The Balaban J connectivity index is 1.89. The van der Waals surface area contributed by atoms with E-state index in [1.165, 1.54) is 11.0 Å². The maximum Gasteiger partial charge on any atom is 0.232 e. The van der Waals surface area contributed by atoms with Gasteiger partial charge < -0.3 is 14.7 Å². The van der Waals surface area contributed by atoms with Gasteiger partial charge in [0.15, 0.2) is 5.76 Å². The van der Waals surface area contributed by atoms with Gasteiger partial charge in [0.2, 0.25) is 5.78 Å². The van der Waals surface area contributed by atoms with E-state index in [2.05, 4.69) is 13.8 Å². The lowest BCUT2D eigenvalue weighted by molar-refractivity contribution is -0.914. The SMILES string of the molecule is CCCC[NH+](CCCC)Cc1c([O-])ccc2c1OC(=Cc1sccc1C)C2=O. The van der Waals surface area contributed by atoms with E-state index < -0.39 is 0 Å². The number of rotatable bonds is 9. The standard InChI is InChI=1S/C23H29NO3S/c1-4-6-11-24(12-7-5-2)15-18-19(25)9-8-17-22(26)20(27-23(17)18)14-21-16(3)10-13-28-21/h8-10,13-14,25H,4-7,11-12,15H2,1-3H3. The molecule has 3 rings (SSSR count). The van der Waals surface area contributed by atoms with Crippen molar-refractivity contribution in [2.24, 2.45) is 0 Å². The molecule has 0 radical (unpaired) electrons. The van der Waals surface area contributed by atoms with E-state index in [1.807, 2.05) is 18.4 Å². The van der Waals surface area contributed by atoms with Crippen molar-refractivity contribution in [3.8, 4) is 11.5 Å². The Labute approximate surface area is 171 Å². The summed E-state index contributed by atoms with van der Waals surface area (Å²) < 4.78 is 5.97. The van der Waals surface area contributed by atoms with Gasteiger partial charge in [0, 0.05) is 16.5 Å². The van der Waals surface area contributed by atoms with Crippen LogP contribution in [0.5, 0.6) is 11.5 Å². The lowest BCUT2D eigenvalue weighted by Gasteiger charge is -2.23. The molecule has 1 aliphatic rings. The summed E-state index contributed by atoms with van der Waals surface area (Å²) in [5.74, 6) is 0.623. The van der Waals surface area contributed by atoms with Crippen molar-refractivity contribution in [3.05, 3.63) is 50.9 Å². The number of carbonyl (C=O) groups excluding carboxylic acids is 1. The third-order valence-electron chi connectivity index (χ3n) is 5.26. The number of fused-ring (bicyclic) bond motifs is 1. The molecule has 0 unspecified atom stereocenters.